The summed E-state index contributed by atoms with van der Waals surface area (Å²) in [6.45, 7) is 3.87. The van der Waals surface area contributed by atoms with Crippen LogP contribution in [0.3, 0.4) is 0 Å². The molecule has 5 nitrogen and oxygen atoms in total. The standard InChI is InChI=1S/C20H28FN3O2.ClH/c1-13-11-17(21)19-18(12-13)24(20(25)22-19)15-7-9-23(10-8-15)14-3-5-16(26-2)6-4-14;/h11-12,14-16H,3-10H2,1-2H3,(H,22,25);1H/t14-,16-;. The van der Waals surface area contributed by atoms with Gasteiger partial charge < -0.3 is 14.6 Å². The van der Waals surface area contributed by atoms with Crippen LogP contribution in [0.2, 0.25) is 0 Å². The molecule has 7 heteroatoms. The number of nitrogens with zero attached hydrogens (tertiary/aromatic N) is 2. The van der Waals surface area contributed by atoms with Crippen molar-refractivity contribution in [2.75, 3.05) is 20.2 Å². The highest BCUT2D eigenvalue weighted by molar-refractivity contribution is 5.85. The minimum atomic E-state index is -0.344. The van der Waals surface area contributed by atoms with Gasteiger partial charge in [-0.15, -0.1) is 12.4 Å². The van der Waals surface area contributed by atoms with Gasteiger partial charge in [0.15, 0.2) is 0 Å². The largest absolute Gasteiger partial charge is 0.381 e. The first-order valence-electron chi connectivity index (χ1n) is 9.74. The van der Waals surface area contributed by atoms with Crippen LogP contribution in [0.1, 0.15) is 50.1 Å². The molecule has 2 aromatic rings. The van der Waals surface area contributed by atoms with E-state index in [0.29, 0.717) is 23.2 Å². The van der Waals surface area contributed by atoms with Crippen LogP contribution in [-0.4, -0.2) is 46.8 Å². The van der Waals surface area contributed by atoms with E-state index >= 15 is 0 Å². The number of fused-ring (bicyclic) bond motifs is 1. The predicted molar refractivity (Wildman–Crippen MR) is 107 cm³/mol. The van der Waals surface area contributed by atoms with Crippen LogP contribution in [0, 0.1) is 12.7 Å². The smallest absolute Gasteiger partial charge is 0.326 e. The number of methoxy groups -OCH3 is 1. The summed E-state index contributed by atoms with van der Waals surface area (Å²) in [7, 11) is 1.81. The molecule has 1 aromatic carbocycles. The number of aromatic amines is 1. The fourth-order valence-corrected chi connectivity index (χ4v) is 4.83. The zero-order valence-electron chi connectivity index (χ0n) is 16.0. The van der Waals surface area contributed by atoms with E-state index in [1.165, 1.54) is 18.9 Å². The normalized spacial score (nSPS) is 24.9. The van der Waals surface area contributed by atoms with Crippen LogP contribution in [0.15, 0.2) is 16.9 Å². The molecule has 2 heterocycles. The van der Waals surface area contributed by atoms with Crippen LogP contribution >= 0.6 is 12.4 Å². The highest BCUT2D eigenvalue weighted by Gasteiger charge is 2.30. The maximum atomic E-state index is 14.2. The maximum Gasteiger partial charge on any atom is 0.326 e. The van der Waals surface area contributed by atoms with Crippen LogP contribution in [0.4, 0.5) is 4.39 Å². The van der Waals surface area contributed by atoms with Crippen molar-refractivity contribution in [1.29, 1.82) is 0 Å². The monoisotopic (exact) mass is 397 g/mol. The number of hydrogen-bond donors (Lipinski definition) is 1. The maximum absolute atomic E-state index is 14.2. The molecule has 0 spiro atoms. The third-order valence-corrected chi connectivity index (χ3v) is 6.28. The minimum absolute atomic E-state index is 0. The number of halogens is 2. The predicted octanol–water partition coefficient (Wildman–Crippen LogP) is 3.79. The zero-order valence-corrected chi connectivity index (χ0v) is 16.9. The van der Waals surface area contributed by atoms with E-state index in [9.17, 15) is 9.18 Å². The van der Waals surface area contributed by atoms with Crippen molar-refractivity contribution in [3.8, 4) is 0 Å². The molecule has 1 saturated carbocycles. The average molecular weight is 398 g/mol. The van der Waals surface area contributed by atoms with E-state index in [1.807, 2.05) is 13.0 Å². The van der Waals surface area contributed by atoms with Crippen molar-refractivity contribution in [1.82, 2.24) is 14.5 Å². The molecule has 150 valence electrons. The molecule has 1 N–H and O–H groups in total. The fraction of sp³-hybridized carbons (Fsp3) is 0.650. The molecule has 0 unspecified atom stereocenters. The molecule has 2 aliphatic rings. The lowest BCUT2D eigenvalue weighted by molar-refractivity contribution is 0.0296. The van der Waals surface area contributed by atoms with Crippen molar-refractivity contribution < 1.29 is 9.13 Å². The van der Waals surface area contributed by atoms with Crippen LogP contribution < -0.4 is 5.69 Å². The van der Waals surface area contributed by atoms with Crippen LogP contribution in [0.25, 0.3) is 11.0 Å². The number of benzene rings is 1. The summed E-state index contributed by atoms with van der Waals surface area (Å²) in [6, 6.07) is 4.17. The van der Waals surface area contributed by atoms with E-state index in [1.54, 1.807) is 11.7 Å². The third kappa shape index (κ3) is 3.93. The van der Waals surface area contributed by atoms with Gasteiger partial charge >= 0.3 is 5.69 Å². The number of rotatable bonds is 3. The number of nitrogens with one attached hydrogen (secondary N) is 1. The van der Waals surface area contributed by atoms with E-state index in [2.05, 4.69) is 9.88 Å². The lowest BCUT2D eigenvalue weighted by Gasteiger charge is -2.40. The highest BCUT2D eigenvalue weighted by Crippen LogP contribution is 2.31. The summed E-state index contributed by atoms with van der Waals surface area (Å²) in [5, 5.41) is 0. The summed E-state index contributed by atoms with van der Waals surface area (Å²) in [6.07, 6.45) is 6.97. The van der Waals surface area contributed by atoms with Crippen LogP contribution in [0.5, 0.6) is 0 Å². The summed E-state index contributed by atoms with van der Waals surface area (Å²) in [4.78, 5) is 17.8. The summed E-state index contributed by atoms with van der Waals surface area (Å²) in [5.74, 6) is -0.344. The first kappa shape index (κ1) is 20.4. The Morgan fingerprint density at radius 3 is 2.37 bits per heavy atom. The number of hydrogen-bond acceptors (Lipinski definition) is 3. The average Bonchev–Trinajstić information content (AvgIpc) is 2.98. The van der Waals surface area contributed by atoms with Gasteiger partial charge in [-0.1, -0.05) is 0 Å². The van der Waals surface area contributed by atoms with E-state index in [0.717, 1.165) is 44.3 Å². The molecule has 4 rings (SSSR count). The zero-order chi connectivity index (χ0) is 18.3. The van der Waals surface area contributed by atoms with Gasteiger partial charge in [-0.3, -0.25) is 4.57 Å². The highest BCUT2D eigenvalue weighted by atomic mass is 35.5. The second-order valence-electron chi connectivity index (χ2n) is 7.87. The molecule has 0 amide bonds. The Balaban J connectivity index is 0.00000210. The molecule has 0 bridgehead atoms. The number of piperidine rings is 1. The number of likely N-dealkylation sites (tertiary alicyclic amines) is 1. The van der Waals surface area contributed by atoms with Gasteiger partial charge in [-0.05, 0) is 63.1 Å². The molecule has 1 aliphatic heterocycles. The number of ether oxygens (including phenoxy) is 1. The van der Waals surface area contributed by atoms with Gasteiger partial charge in [0.25, 0.3) is 0 Å². The number of aromatic nitrogens is 2. The number of aryl methyl sites for hydroxylation is 1. The van der Waals surface area contributed by atoms with Gasteiger partial charge in [0.1, 0.15) is 11.3 Å². The second-order valence-corrected chi connectivity index (χ2v) is 7.87. The first-order valence-corrected chi connectivity index (χ1v) is 9.74. The topological polar surface area (TPSA) is 50.3 Å². The first-order chi connectivity index (χ1) is 12.6. The quantitative estimate of drug-likeness (QED) is 0.857. The van der Waals surface area contributed by atoms with Gasteiger partial charge in [-0.25, -0.2) is 9.18 Å². The van der Waals surface area contributed by atoms with Crippen molar-refractivity contribution in [3.63, 3.8) is 0 Å². The molecule has 1 saturated heterocycles. The summed E-state index contributed by atoms with van der Waals surface area (Å²) in [5.41, 5.74) is 1.69. The summed E-state index contributed by atoms with van der Waals surface area (Å²) >= 11 is 0. The molecule has 0 radical (unpaired) electrons. The minimum Gasteiger partial charge on any atom is -0.381 e. The Morgan fingerprint density at radius 2 is 1.74 bits per heavy atom. The van der Waals surface area contributed by atoms with E-state index in [4.69, 9.17) is 4.74 Å². The van der Waals surface area contributed by atoms with Gasteiger partial charge in [0.05, 0.1) is 11.6 Å². The van der Waals surface area contributed by atoms with Gasteiger partial charge in [0.2, 0.25) is 0 Å². The second kappa shape index (κ2) is 8.33. The van der Waals surface area contributed by atoms with Gasteiger partial charge in [-0.2, -0.15) is 0 Å². The van der Waals surface area contributed by atoms with Crippen molar-refractivity contribution in [3.05, 3.63) is 34.0 Å². The Bertz CT molecular complexity index is 834. The lowest BCUT2D eigenvalue weighted by atomic mass is 9.90. The molecule has 27 heavy (non-hydrogen) atoms. The van der Waals surface area contributed by atoms with E-state index < -0.39 is 0 Å². The molecule has 0 atom stereocenters. The number of H-pyrrole nitrogens is 1. The molecule has 1 aliphatic carbocycles. The Hall–Kier alpha value is -1.37. The van der Waals surface area contributed by atoms with Gasteiger partial charge in [0, 0.05) is 32.3 Å². The SMILES string of the molecule is CO[C@H]1CC[C@H](N2CCC(n3c(=O)[nH]c4c(F)cc(C)cc43)CC2)CC1.Cl. The Kier molecular flexibility index (Phi) is 6.28. The van der Waals surface area contributed by atoms with Crippen molar-refractivity contribution >= 4 is 23.4 Å². The Labute approximate surface area is 165 Å². The van der Waals surface area contributed by atoms with E-state index in [-0.39, 0.29) is 30.0 Å². The van der Waals surface area contributed by atoms with Crippen LogP contribution in [-0.2, 0) is 4.74 Å². The third-order valence-electron chi connectivity index (χ3n) is 6.28. The number of imidazole rings is 1. The Morgan fingerprint density at radius 1 is 1.07 bits per heavy atom. The molecular weight excluding hydrogens is 369 g/mol. The summed E-state index contributed by atoms with van der Waals surface area (Å²) < 4.78 is 21.4. The fourth-order valence-electron chi connectivity index (χ4n) is 4.83. The van der Waals surface area contributed by atoms with Crippen molar-refractivity contribution in [2.24, 2.45) is 0 Å². The molecule has 2 fully saturated rings. The molecular formula is C20H29ClFN3O2. The van der Waals surface area contributed by atoms with Crippen molar-refractivity contribution in [2.45, 2.75) is 63.6 Å². The molecule has 1 aromatic heterocycles. The lowest BCUT2D eigenvalue weighted by Crippen LogP contribution is -2.45.